The Bertz CT molecular complexity index is 410. The van der Waals surface area contributed by atoms with Crippen LogP contribution in [0.4, 0.5) is 0 Å². The lowest BCUT2D eigenvalue weighted by atomic mass is 10.3. The number of rotatable bonds is 6. The standard InChI is InChI=1S/C11H13NO3S/c13-5-6-14-7-8-16-11-12-9-3-1-2-4-10(9)15-11/h1-4,13H,5-8H2. The number of fused-ring (bicyclic) bond motifs is 1. The van der Waals surface area contributed by atoms with E-state index < -0.39 is 0 Å². The van der Waals surface area contributed by atoms with Gasteiger partial charge in [0.1, 0.15) is 5.52 Å². The summed E-state index contributed by atoms with van der Waals surface area (Å²) in [5.74, 6) is 0.771. The molecular weight excluding hydrogens is 226 g/mol. The van der Waals surface area contributed by atoms with E-state index in [4.69, 9.17) is 14.3 Å². The van der Waals surface area contributed by atoms with Crippen molar-refractivity contribution in [3.8, 4) is 0 Å². The number of aromatic nitrogens is 1. The molecule has 0 amide bonds. The molecule has 0 aliphatic rings. The molecule has 0 fully saturated rings. The number of para-hydroxylation sites is 2. The number of benzene rings is 1. The van der Waals surface area contributed by atoms with Gasteiger partial charge in [0.05, 0.1) is 19.8 Å². The van der Waals surface area contributed by atoms with Crippen molar-refractivity contribution in [2.24, 2.45) is 0 Å². The van der Waals surface area contributed by atoms with Crippen LogP contribution in [0.15, 0.2) is 33.9 Å². The van der Waals surface area contributed by atoms with E-state index in [0.717, 1.165) is 16.9 Å². The van der Waals surface area contributed by atoms with E-state index in [1.807, 2.05) is 24.3 Å². The van der Waals surface area contributed by atoms with Gasteiger partial charge in [-0.05, 0) is 12.1 Å². The van der Waals surface area contributed by atoms with Crippen LogP contribution in [0.25, 0.3) is 11.1 Å². The van der Waals surface area contributed by atoms with Crippen molar-refractivity contribution in [1.29, 1.82) is 0 Å². The SMILES string of the molecule is OCCOCCSc1nc2ccccc2o1. The minimum absolute atomic E-state index is 0.0630. The number of oxazole rings is 1. The first-order chi connectivity index (χ1) is 7.90. The predicted molar refractivity (Wildman–Crippen MR) is 62.6 cm³/mol. The fourth-order valence-electron chi connectivity index (χ4n) is 1.27. The van der Waals surface area contributed by atoms with Crippen LogP contribution < -0.4 is 0 Å². The highest BCUT2D eigenvalue weighted by Gasteiger charge is 2.04. The van der Waals surface area contributed by atoms with Gasteiger partial charge < -0.3 is 14.3 Å². The van der Waals surface area contributed by atoms with Crippen molar-refractivity contribution in [3.05, 3.63) is 24.3 Å². The molecule has 2 rings (SSSR count). The molecule has 0 aliphatic heterocycles. The quantitative estimate of drug-likeness (QED) is 0.616. The van der Waals surface area contributed by atoms with E-state index >= 15 is 0 Å². The predicted octanol–water partition coefficient (Wildman–Crippen LogP) is 1.93. The Labute approximate surface area is 97.6 Å². The summed E-state index contributed by atoms with van der Waals surface area (Å²) in [5, 5.41) is 9.18. The maximum absolute atomic E-state index is 8.52. The Balaban J connectivity index is 1.85. The summed E-state index contributed by atoms with van der Waals surface area (Å²) >= 11 is 1.51. The molecule has 0 spiro atoms. The van der Waals surface area contributed by atoms with Gasteiger partial charge in [-0.1, -0.05) is 23.9 Å². The smallest absolute Gasteiger partial charge is 0.256 e. The summed E-state index contributed by atoms with van der Waals surface area (Å²) in [4.78, 5) is 4.32. The molecule has 0 aliphatic carbocycles. The third kappa shape index (κ3) is 2.98. The molecule has 0 unspecified atom stereocenters. The molecule has 0 saturated carbocycles. The molecule has 86 valence electrons. The van der Waals surface area contributed by atoms with Crippen molar-refractivity contribution >= 4 is 22.9 Å². The highest BCUT2D eigenvalue weighted by molar-refractivity contribution is 7.99. The summed E-state index contributed by atoms with van der Waals surface area (Å²) in [6, 6.07) is 7.68. The van der Waals surface area contributed by atoms with E-state index in [-0.39, 0.29) is 6.61 Å². The van der Waals surface area contributed by atoms with Crippen molar-refractivity contribution in [1.82, 2.24) is 4.98 Å². The van der Waals surface area contributed by atoms with Gasteiger partial charge in [0.25, 0.3) is 5.22 Å². The number of hydrogen-bond donors (Lipinski definition) is 1. The maximum atomic E-state index is 8.52. The number of ether oxygens (including phenoxy) is 1. The van der Waals surface area contributed by atoms with Crippen molar-refractivity contribution in [2.45, 2.75) is 5.22 Å². The second-order valence-corrected chi connectivity index (χ2v) is 4.18. The Hall–Kier alpha value is -1.04. The molecule has 2 aromatic rings. The van der Waals surface area contributed by atoms with Gasteiger partial charge in [0, 0.05) is 5.75 Å². The Morgan fingerprint density at radius 1 is 1.31 bits per heavy atom. The second kappa shape index (κ2) is 5.89. The molecule has 1 heterocycles. The first-order valence-electron chi connectivity index (χ1n) is 5.07. The van der Waals surface area contributed by atoms with Crippen molar-refractivity contribution in [3.63, 3.8) is 0 Å². The number of nitrogens with zero attached hydrogens (tertiary/aromatic N) is 1. The van der Waals surface area contributed by atoms with Crippen molar-refractivity contribution in [2.75, 3.05) is 25.6 Å². The van der Waals surface area contributed by atoms with Crippen LogP contribution in [0.2, 0.25) is 0 Å². The zero-order valence-corrected chi connectivity index (χ0v) is 9.57. The first-order valence-corrected chi connectivity index (χ1v) is 6.05. The molecule has 5 heteroatoms. The first kappa shape index (κ1) is 11.4. The summed E-state index contributed by atoms with van der Waals surface area (Å²) in [7, 11) is 0. The molecular formula is C11H13NO3S. The van der Waals surface area contributed by atoms with Crippen LogP contribution in [0.3, 0.4) is 0 Å². The molecule has 0 radical (unpaired) electrons. The lowest BCUT2D eigenvalue weighted by Crippen LogP contribution is -2.02. The minimum Gasteiger partial charge on any atom is -0.431 e. The molecule has 0 bridgehead atoms. The average molecular weight is 239 g/mol. The molecule has 1 N–H and O–H groups in total. The summed E-state index contributed by atoms with van der Waals surface area (Å²) in [6.07, 6.45) is 0. The normalized spacial score (nSPS) is 11.1. The monoisotopic (exact) mass is 239 g/mol. The number of aliphatic hydroxyl groups is 1. The largest absolute Gasteiger partial charge is 0.431 e. The van der Waals surface area contributed by atoms with E-state index in [2.05, 4.69) is 4.98 Å². The van der Waals surface area contributed by atoms with Crippen LogP contribution in [-0.4, -0.2) is 35.7 Å². The fourth-order valence-corrected chi connectivity index (χ4v) is 1.95. The third-order valence-corrected chi connectivity index (χ3v) is 2.76. The molecule has 16 heavy (non-hydrogen) atoms. The molecule has 1 aromatic heterocycles. The second-order valence-electron chi connectivity index (χ2n) is 3.13. The fraction of sp³-hybridized carbons (Fsp3) is 0.364. The van der Waals surface area contributed by atoms with E-state index in [1.54, 1.807) is 0 Å². The van der Waals surface area contributed by atoms with Gasteiger partial charge in [0.2, 0.25) is 0 Å². The highest BCUT2D eigenvalue weighted by atomic mass is 32.2. The maximum Gasteiger partial charge on any atom is 0.256 e. The van der Waals surface area contributed by atoms with Crippen LogP contribution in [0.1, 0.15) is 0 Å². The molecule has 1 aromatic carbocycles. The Morgan fingerprint density at radius 2 is 2.19 bits per heavy atom. The van der Waals surface area contributed by atoms with E-state index in [1.165, 1.54) is 11.8 Å². The van der Waals surface area contributed by atoms with Crippen LogP contribution in [0, 0.1) is 0 Å². The lowest BCUT2D eigenvalue weighted by Gasteiger charge is -1.98. The van der Waals surface area contributed by atoms with E-state index in [0.29, 0.717) is 18.4 Å². The zero-order valence-electron chi connectivity index (χ0n) is 8.76. The van der Waals surface area contributed by atoms with Gasteiger partial charge in [-0.25, -0.2) is 4.98 Å². The number of aliphatic hydroxyl groups excluding tert-OH is 1. The van der Waals surface area contributed by atoms with E-state index in [9.17, 15) is 0 Å². The van der Waals surface area contributed by atoms with Gasteiger partial charge >= 0.3 is 0 Å². The topological polar surface area (TPSA) is 55.5 Å². The summed E-state index contributed by atoms with van der Waals surface area (Å²) in [6.45, 7) is 1.03. The minimum atomic E-state index is 0.0630. The molecule has 0 saturated heterocycles. The zero-order chi connectivity index (χ0) is 11.2. The van der Waals surface area contributed by atoms with Crippen LogP contribution in [-0.2, 0) is 4.74 Å². The average Bonchev–Trinajstić information content (AvgIpc) is 2.71. The molecule has 0 atom stereocenters. The van der Waals surface area contributed by atoms with Gasteiger partial charge in [0.15, 0.2) is 5.58 Å². The van der Waals surface area contributed by atoms with Crippen LogP contribution >= 0.6 is 11.8 Å². The van der Waals surface area contributed by atoms with Gasteiger partial charge in [-0.3, -0.25) is 0 Å². The highest BCUT2D eigenvalue weighted by Crippen LogP contribution is 2.22. The third-order valence-electron chi connectivity index (χ3n) is 1.96. The van der Waals surface area contributed by atoms with Gasteiger partial charge in [-0.2, -0.15) is 0 Å². The van der Waals surface area contributed by atoms with Gasteiger partial charge in [-0.15, -0.1) is 0 Å². The molecule has 4 nitrogen and oxygen atoms in total. The summed E-state index contributed by atoms with van der Waals surface area (Å²) in [5.41, 5.74) is 1.68. The number of hydrogen-bond acceptors (Lipinski definition) is 5. The summed E-state index contributed by atoms with van der Waals surface area (Å²) < 4.78 is 10.7. The van der Waals surface area contributed by atoms with Crippen molar-refractivity contribution < 1.29 is 14.3 Å². The Kier molecular flexibility index (Phi) is 4.21. The Morgan fingerprint density at radius 3 is 3.00 bits per heavy atom. The lowest BCUT2D eigenvalue weighted by molar-refractivity contribution is 0.103. The number of thioether (sulfide) groups is 1. The van der Waals surface area contributed by atoms with Crippen LogP contribution in [0.5, 0.6) is 0 Å².